The number of anilines is 1. The van der Waals surface area contributed by atoms with Crippen molar-refractivity contribution in [2.75, 3.05) is 23.4 Å². The number of aliphatic hydroxyl groups excluding tert-OH is 2. The predicted octanol–water partition coefficient (Wildman–Crippen LogP) is 1.33. The van der Waals surface area contributed by atoms with Crippen LogP contribution in [0.3, 0.4) is 0 Å². The summed E-state index contributed by atoms with van der Waals surface area (Å²) < 4.78 is 0. The molecule has 0 radical (unpaired) electrons. The van der Waals surface area contributed by atoms with E-state index in [0.717, 1.165) is 11.3 Å². The van der Waals surface area contributed by atoms with E-state index in [1.54, 1.807) is 0 Å². The van der Waals surface area contributed by atoms with Gasteiger partial charge in [-0.15, -0.1) is 11.8 Å². The van der Waals surface area contributed by atoms with Gasteiger partial charge in [0.1, 0.15) is 0 Å². The lowest BCUT2D eigenvalue weighted by Crippen LogP contribution is -2.19. The Hall–Kier alpha value is -1.04. The predicted molar refractivity (Wildman–Crippen MR) is 75.0 cm³/mol. The molecule has 0 aliphatic rings. The van der Waals surface area contributed by atoms with Crippen LogP contribution in [0, 0.1) is 13.8 Å². The largest absolute Gasteiger partial charge is 0.394 e. The van der Waals surface area contributed by atoms with Crippen LogP contribution in [0.1, 0.15) is 11.1 Å². The second-order valence-electron chi connectivity index (χ2n) is 4.20. The van der Waals surface area contributed by atoms with Gasteiger partial charge in [-0.1, -0.05) is 6.07 Å². The molecule has 0 saturated heterocycles. The zero-order valence-electron chi connectivity index (χ0n) is 10.6. The summed E-state index contributed by atoms with van der Waals surface area (Å²) in [6.45, 7) is 3.75. The summed E-state index contributed by atoms with van der Waals surface area (Å²) in [5.41, 5.74) is 3.11. The van der Waals surface area contributed by atoms with Crippen molar-refractivity contribution in [1.29, 1.82) is 0 Å². The summed E-state index contributed by atoms with van der Waals surface area (Å²) >= 11 is 1.30. The Balaban J connectivity index is 2.38. The molecule has 1 rings (SSSR count). The number of hydrogen-bond acceptors (Lipinski definition) is 4. The van der Waals surface area contributed by atoms with Gasteiger partial charge >= 0.3 is 0 Å². The average Bonchev–Trinajstić information content (AvgIpc) is 2.33. The number of benzene rings is 1. The molecule has 1 aromatic carbocycles. The number of carbonyl (C=O) groups is 1. The van der Waals surface area contributed by atoms with Crippen molar-refractivity contribution in [2.45, 2.75) is 20.0 Å². The Morgan fingerprint density at radius 2 is 2.11 bits per heavy atom. The Labute approximate surface area is 111 Å². The molecule has 0 fully saturated rings. The number of rotatable bonds is 6. The molecule has 1 aromatic rings. The van der Waals surface area contributed by atoms with Crippen molar-refractivity contribution >= 4 is 23.4 Å². The number of aliphatic hydroxyl groups is 2. The van der Waals surface area contributed by atoms with Gasteiger partial charge in [0, 0.05) is 11.4 Å². The maximum atomic E-state index is 11.6. The second-order valence-corrected chi connectivity index (χ2v) is 5.23. The Morgan fingerprint density at radius 3 is 2.72 bits per heavy atom. The Bertz CT molecular complexity index is 409. The van der Waals surface area contributed by atoms with Gasteiger partial charge in [0.25, 0.3) is 0 Å². The zero-order valence-corrected chi connectivity index (χ0v) is 11.5. The maximum Gasteiger partial charge on any atom is 0.234 e. The summed E-state index contributed by atoms with van der Waals surface area (Å²) in [5, 5.41) is 20.6. The van der Waals surface area contributed by atoms with Crippen LogP contribution in [0.5, 0.6) is 0 Å². The summed E-state index contributed by atoms with van der Waals surface area (Å²) in [7, 11) is 0. The van der Waals surface area contributed by atoms with E-state index in [4.69, 9.17) is 10.2 Å². The molecule has 100 valence electrons. The van der Waals surface area contributed by atoms with E-state index in [2.05, 4.69) is 5.32 Å². The number of amides is 1. The highest BCUT2D eigenvalue weighted by Crippen LogP contribution is 2.14. The first-order chi connectivity index (χ1) is 8.52. The van der Waals surface area contributed by atoms with Gasteiger partial charge in [-0.3, -0.25) is 4.79 Å². The SMILES string of the molecule is Cc1ccc(NC(=O)CSCC(O)CO)cc1C. The van der Waals surface area contributed by atoms with E-state index < -0.39 is 6.10 Å². The van der Waals surface area contributed by atoms with Crippen LogP contribution in [0.2, 0.25) is 0 Å². The second kappa shape index (κ2) is 7.41. The van der Waals surface area contributed by atoms with E-state index in [-0.39, 0.29) is 18.3 Å². The molecule has 0 saturated carbocycles. The molecule has 18 heavy (non-hydrogen) atoms. The van der Waals surface area contributed by atoms with Crippen molar-refractivity contribution in [3.8, 4) is 0 Å². The van der Waals surface area contributed by atoms with Crippen LogP contribution in [-0.2, 0) is 4.79 Å². The van der Waals surface area contributed by atoms with Gasteiger partial charge in [0.2, 0.25) is 5.91 Å². The first kappa shape index (κ1) is 15.0. The molecule has 0 aliphatic heterocycles. The van der Waals surface area contributed by atoms with Gasteiger partial charge in [-0.25, -0.2) is 0 Å². The third-order valence-corrected chi connectivity index (χ3v) is 3.63. The summed E-state index contributed by atoms with van der Waals surface area (Å²) in [6, 6.07) is 5.77. The van der Waals surface area contributed by atoms with Crippen LogP contribution < -0.4 is 5.32 Å². The van der Waals surface area contributed by atoms with Gasteiger partial charge in [0.05, 0.1) is 18.5 Å². The number of thioether (sulfide) groups is 1. The summed E-state index contributed by atoms with van der Waals surface area (Å²) in [6.07, 6.45) is -0.760. The minimum Gasteiger partial charge on any atom is -0.394 e. The van der Waals surface area contributed by atoms with E-state index in [1.807, 2.05) is 32.0 Å². The Kier molecular flexibility index (Phi) is 6.18. The standard InChI is InChI=1S/C13H19NO3S/c1-9-3-4-11(5-10(9)2)14-13(17)8-18-7-12(16)6-15/h3-5,12,15-16H,6-8H2,1-2H3,(H,14,17). The third-order valence-electron chi connectivity index (χ3n) is 2.54. The maximum absolute atomic E-state index is 11.6. The minimum absolute atomic E-state index is 0.103. The molecule has 0 bridgehead atoms. The van der Waals surface area contributed by atoms with E-state index >= 15 is 0 Å². The first-order valence-corrected chi connectivity index (χ1v) is 6.92. The van der Waals surface area contributed by atoms with Gasteiger partial charge in [0.15, 0.2) is 0 Å². The molecule has 1 unspecified atom stereocenters. The molecular formula is C13H19NO3S. The van der Waals surface area contributed by atoms with Crippen LogP contribution in [0.25, 0.3) is 0 Å². The number of carbonyl (C=O) groups excluding carboxylic acids is 1. The van der Waals surface area contributed by atoms with E-state index in [0.29, 0.717) is 5.75 Å². The fourth-order valence-electron chi connectivity index (χ4n) is 1.36. The molecule has 5 heteroatoms. The monoisotopic (exact) mass is 269 g/mol. The van der Waals surface area contributed by atoms with E-state index in [1.165, 1.54) is 17.3 Å². The average molecular weight is 269 g/mol. The van der Waals surface area contributed by atoms with Gasteiger partial charge in [-0.2, -0.15) is 0 Å². The van der Waals surface area contributed by atoms with Crippen LogP contribution >= 0.6 is 11.8 Å². The number of hydrogen-bond donors (Lipinski definition) is 3. The number of nitrogens with one attached hydrogen (secondary N) is 1. The minimum atomic E-state index is -0.760. The van der Waals surface area contributed by atoms with Crippen LogP contribution in [0.15, 0.2) is 18.2 Å². The Morgan fingerprint density at radius 1 is 1.39 bits per heavy atom. The van der Waals surface area contributed by atoms with Gasteiger partial charge in [-0.05, 0) is 37.1 Å². The van der Waals surface area contributed by atoms with Crippen LogP contribution in [0.4, 0.5) is 5.69 Å². The lowest BCUT2D eigenvalue weighted by atomic mass is 10.1. The van der Waals surface area contributed by atoms with Crippen molar-refractivity contribution < 1.29 is 15.0 Å². The normalized spacial score (nSPS) is 12.2. The molecule has 3 N–H and O–H groups in total. The van der Waals surface area contributed by atoms with Crippen LogP contribution in [-0.4, -0.2) is 40.3 Å². The molecule has 0 aromatic heterocycles. The highest BCUT2D eigenvalue weighted by molar-refractivity contribution is 8.00. The summed E-state index contributed by atoms with van der Waals surface area (Å²) in [4.78, 5) is 11.6. The molecule has 1 amide bonds. The highest BCUT2D eigenvalue weighted by Gasteiger charge is 2.06. The molecule has 1 atom stereocenters. The molecular weight excluding hydrogens is 250 g/mol. The fraction of sp³-hybridized carbons (Fsp3) is 0.462. The lowest BCUT2D eigenvalue weighted by Gasteiger charge is -2.09. The topological polar surface area (TPSA) is 69.6 Å². The quantitative estimate of drug-likeness (QED) is 0.728. The molecule has 0 heterocycles. The van der Waals surface area contributed by atoms with E-state index in [9.17, 15) is 4.79 Å². The lowest BCUT2D eigenvalue weighted by molar-refractivity contribution is -0.113. The third kappa shape index (κ3) is 5.08. The van der Waals surface area contributed by atoms with Crippen molar-refractivity contribution in [2.24, 2.45) is 0 Å². The zero-order chi connectivity index (χ0) is 13.5. The molecule has 4 nitrogen and oxygen atoms in total. The highest BCUT2D eigenvalue weighted by atomic mass is 32.2. The van der Waals surface area contributed by atoms with Crippen molar-refractivity contribution in [3.05, 3.63) is 29.3 Å². The molecule has 0 spiro atoms. The van der Waals surface area contributed by atoms with Gasteiger partial charge < -0.3 is 15.5 Å². The first-order valence-electron chi connectivity index (χ1n) is 5.76. The smallest absolute Gasteiger partial charge is 0.234 e. The van der Waals surface area contributed by atoms with Crippen molar-refractivity contribution in [1.82, 2.24) is 0 Å². The molecule has 0 aliphatic carbocycles. The van der Waals surface area contributed by atoms with Crippen molar-refractivity contribution in [3.63, 3.8) is 0 Å². The fourth-order valence-corrected chi connectivity index (χ4v) is 2.11. The summed E-state index contributed by atoms with van der Waals surface area (Å²) in [5.74, 6) is 0.522. The number of aryl methyl sites for hydroxylation is 2.